The Morgan fingerprint density at radius 3 is 2.55 bits per heavy atom. The maximum Gasteiger partial charge on any atom is 0.311 e. The molecule has 0 aromatic rings. The molecule has 11 heavy (non-hydrogen) atoms. The van der Waals surface area contributed by atoms with Gasteiger partial charge in [0.2, 0.25) is 0 Å². The third-order valence-electron chi connectivity index (χ3n) is 2.01. The van der Waals surface area contributed by atoms with Gasteiger partial charge in [-0.1, -0.05) is 0 Å². The Hall–Kier alpha value is -0.610. The van der Waals surface area contributed by atoms with E-state index in [-0.39, 0.29) is 18.0 Å². The van der Waals surface area contributed by atoms with Crippen molar-refractivity contribution in [2.75, 3.05) is 26.3 Å². The predicted octanol–water partition coefficient (Wildman–Crippen LogP) is -0.852. The van der Waals surface area contributed by atoms with Gasteiger partial charge < -0.3 is 14.8 Å². The fourth-order valence-corrected chi connectivity index (χ4v) is 0.998. The molecule has 0 aromatic carbocycles. The summed E-state index contributed by atoms with van der Waals surface area (Å²) in [5.74, 6) is 0.0210. The van der Waals surface area contributed by atoms with Crippen molar-refractivity contribution in [1.82, 2.24) is 5.32 Å². The van der Waals surface area contributed by atoms with Crippen LogP contribution in [0.4, 0.5) is 0 Å². The summed E-state index contributed by atoms with van der Waals surface area (Å²) in [6.07, 6.45) is 0.0306. The highest BCUT2D eigenvalue weighted by Gasteiger charge is 2.30. The first kappa shape index (κ1) is 7.06. The smallest absolute Gasteiger partial charge is 0.311 e. The molecule has 0 aliphatic carbocycles. The zero-order valence-corrected chi connectivity index (χ0v) is 6.21. The zero-order chi connectivity index (χ0) is 7.68. The van der Waals surface area contributed by atoms with E-state index in [1.54, 1.807) is 0 Å². The van der Waals surface area contributed by atoms with Crippen LogP contribution in [-0.4, -0.2) is 38.4 Å². The zero-order valence-electron chi connectivity index (χ0n) is 6.21. The van der Waals surface area contributed by atoms with E-state index in [1.807, 2.05) is 0 Å². The van der Waals surface area contributed by atoms with E-state index in [1.165, 1.54) is 0 Å². The van der Waals surface area contributed by atoms with Gasteiger partial charge in [0.05, 0.1) is 19.1 Å². The molecule has 0 radical (unpaired) electrons. The predicted molar refractivity (Wildman–Crippen MR) is 37.1 cm³/mol. The van der Waals surface area contributed by atoms with Crippen LogP contribution in [0.3, 0.4) is 0 Å². The average molecular weight is 157 g/mol. The van der Waals surface area contributed by atoms with Crippen LogP contribution >= 0.6 is 0 Å². The fourth-order valence-electron chi connectivity index (χ4n) is 0.998. The van der Waals surface area contributed by atoms with Gasteiger partial charge in [-0.2, -0.15) is 0 Å². The molecule has 2 heterocycles. The Morgan fingerprint density at radius 1 is 1.45 bits per heavy atom. The number of hydrogen-bond donors (Lipinski definition) is 1. The van der Waals surface area contributed by atoms with Crippen LogP contribution < -0.4 is 5.32 Å². The molecule has 0 bridgehead atoms. The first-order valence-corrected chi connectivity index (χ1v) is 3.85. The van der Waals surface area contributed by atoms with Gasteiger partial charge in [-0.3, -0.25) is 4.79 Å². The lowest BCUT2D eigenvalue weighted by atomic mass is 10.0. The van der Waals surface area contributed by atoms with Gasteiger partial charge >= 0.3 is 5.97 Å². The van der Waals surface area contributed by atoms with Crippen molar-refractivity contribution >= 4 is 5.97 Å². The van der Waals surface area contributed by atoms with Gasteiger partial charge in [0.1, 0.15) is 6.10 Å². The molecule has 1 N–H and O–H groups in total. The summed E-state index contributed by atoms with van der Waals surface area (Å²) in [7, 11) is 0. The standard InChI is InChI=1S/C7H11NO3/c9-7(5-1-8-2-5)11-6-3-10-4-6/h5-6,8H,1-4H2. The van der Waals surface area contributed by atoms with Crippen molar-refractivity contribution in [3.63, 3.8) is 0 Å². The summed E-state index contributed by atoms with van der Waals surface area (Å²) in [6.45, 7) is 2.69. The maximum absolute atomic E-state index is 11.1. The van der Waals surface area contributed by atoms with E-state index in [2.05, 4.69) is 5.32 Å². The summed E-state index contributed by atoms with van der Waals surface area (Å²) in [5.41, 5.74) is 0. The monoisotopic (exact) mass is 157 g/mol. The molecule has 0 unspecified atom stereocenters. The van der Waals surface area contributed by atoms with E-state index >= 15 is 0 Å². The second kappa shape index (κ2) is 2.79. The summed E-state index contributed by atoms with van der Waals surface area (Å²) in [4.78, 5) is 11.1. The number of ether oxygens (including phenoxy) is 2. The Morgan fingerprint density at radius 2 is 2.18 bits per heavy atom. The fraction of sp³-hybridized carbons (Fsp3) is 0.857. The van der Waals surface area contributed by atoms with E-state index in [4.69, 9.17) is 9.47 Å². The lowest BCUT2D eigenvalue weighted by Gasteiger charge is -2.30. The van der Waals surface area contributed by atoms with Crippen molar-refractivity contribution in [1.29, 1.82) is 0 Å². The van der Waals surface area contributed by atoms with Gasteiger partial charge in [-0.25, -0.2) is 0 Å². The van der Waals surface area contributed by atoms with Gasteiger partial charge in [-0.05, 0) is 0 Å². The van der Waals surface area contributed by atoms with Crippen LogP contribution in [0.1, 0.15) is 0 Å². The number of rotatable bonds is 2. The van der Waals surface area contributed by atoms with Crippen LogP contribution in [0.15, 0.2) is 0 Å². The molecule has 0 aromatic heterocycles. The number of carbonyl (C=O) groups excluding carboxylic acids is 1. The number of nitrogens with one attached hydrogen (secondary N) is 1. The molecule has 2 aliphatic heterocycles. The lowest BCUT2D eigenvalue weighted by Crippen LogP contribution is -2.49. The molecule has 0 saturated carbocycles. The van der Waals surface area contributed by atoms with Gasteiger partial charge in [0, 0.05) is 13.1 Å². The molecule has 0 atom stereocenters. The minimum Gasteiger partial charge on any atom is -0.457 e. The topological polar surface area (TPSA) is 47.6 Å². The molecule has 2 fully saturated rings. The van der Waals surface area contributed by atoms with Crippen LogP contribution in [-0.2, 0) is 14.3 Å². The van der Waals surface area contributed by atoms with Crippen LogP contribution in [0, 0.1) is 5.92 Å². The molecular formula is C7H11NO3. The Bertz CT molecular complexity index is 163. The third-order valence-corrected chi connectivity index (χ3v) is 2.01. The normalized spacial score (nSPS) is 25.5. The summed E-state index contributed by atoms with van der Waals surface area (Å²) < 4.78 is 9.96. The SMILES string of the molecule is O=C(OC1COC1)C1CNC1. The maximum atomic E-state index is 11.1. The minimum atomic E-state index is -0.0722. The Labute approximate surface area is 64.9 Å². The molecule has 2 saturated heterocycles. The lowest BCUT2D eigenvalue weighted by molar-refractivity contribution is -0.178. The van der Waals surface area contributed by atoms with Crippen LogP contribution in [0.2, 0.25) is 0 Å². The van der Waals surface area contributed by atoms with Crippen molar-refractivity contribution in [3.8, 4) is 0 Å². The molecular weight excluding hydrogens is 146 g/mol. The Kier molecular flexibility index (Phi) is 1.79. The number of hydrogen-bond acceptors (Lipinski definition) is 4. The van der Waals surface area contributed by atoms with E-state index in [0.717, 1.165) is 13.1 Å². The van der Waals surface area contributed by atoms with Crippen molar-refractivity contribution < 1.29 is 14.3 Å². The quantitative estimate of drug-likeness (QED) is 0.530. The van der Waals surface area contributed by atoms with Crippen molar-refractivity contribution in [2.45, 2.75) is 6.10 Å². The molecule has 4 heteroatoms. The van der Waals surface area contributed by atoms with Gasteiger partial charge in [0.25, 0.3) is 0 Å². The highest BCUT2D eigenvalue weighted by Crippen LogP contribution is 2.11. The van der Waals surface area contributed by atoms with E-state index < -0.39 is 0 Å². The minimum absolute atomic E-state index is 0.0306. The van der Waals surface area contributed by atoms with E-state index in [9.17, 15) is 4.79 Å². The highest BCUT2D eigenvalue weighted by molar-refractivity contribution is 5.74. The summed E-state index contributed by atoms with van der Waals surface area (Å²) >= 11 is 0. The summed E-state index contributed by atoms with van der Waals surface area (Å²) in [5, 5.41) is 3.02. The largest absolute Gasteiger partial charge is 0.457 e. The first-order chi connectivity index (χ1) is 5.36. The third kappa shape index (κ3) is 1.36. The Balaban J connectivity index is 1.71. The van der Waals surface area contributed by atoms with Crippen molar-refractivity contribution in [2.24, 2.45) is 5.92 Å². The molecule has 2 rings (SSSR count). The second-order valence-electron chi connectivity index (χ2n) is 2.95. The van der Waals surface area contributed by atoms with Crippen LogP contribution in [0.25, 0.3) is 0 Å². The van der Waals surface area contributed by atoms with Gasteiger partial charge in [-0.15, -0.1) is 0 Å². The van der Waals surface area contributed by atoms with Crippen LogP contribution in [0.5, 0.6) is 0 Å². The highest BCUT2D eigenvalue weighted by atomic mass is 16.6. The average Bonchev–Trinajstić information content (AvgIpc) is 1.74. The summed E-state index contributed by atoms with van der Waals surface area (Å²) in [6, 6.07) is 0. The molecule has 4 nitrogen and oxygen atoms in total. The number of carbonyl (C=O) groups is 1. The molecule has 62 valence electrons. The molecule has 2 aliphatic rings. The molecule has 0 spiro atoms. The van der Waals surface area contributed by atoms with Crippen molar-refractivity contribution in [3.05, 3.63) is 0 Å². The van der Waals surface area contributed by atoms with Gasteiger partial charge in [0.15, 0.2) is 0 Å². The first-order valence-electron chi connectivity index (χ1n) is 3.85. The second-order valence-corrected chi connectivity index (χ2v) is 2.95. The number of esters is 1. The van der Waals surface area contributed by atoms with E-state index in [0.29, 0.717) is 13.2 Å². The molecule has 0 amide bonds.